The monoisotopic (exact) mass is 237 g/mol. The van der Waals surface area contributed by atoms with E-state index < -0.39 is 11.6 Å². The summed E-state index contributed by atoms with van der Waals surface area (Å²) in [6.45, 7) is 0. The number of nitrogens with one attached hydrogen (secondary N) is 1. The van der Waals surface area contributed by atoms with Crippen LogP contribution >= 0.6 is 0 Å². The van der Waals surface area contributed by atoms with Crippen LogP contribution in [0.25, 0.3) is 0 Å². The van der Waals surface area contributed by atoms with Gasteiger partial charge in [0.15, 0.2) is 11.6 Å². The minimum atomic E-state index is -0.766. The minimum absolute atomic E-state index is 0.165. The lowest BCUT2D eigenvalue weighted by Gasteiger charge is -2.25. The molecule has 3 rings (SSSR count). The Kier molecular flexibility index (Phi) is 2.66. The molecule has 0 spiro atoms. The van der Waals surface area contributed by atoms with Gasteiger partial charge in [0, 0.05) is 6.04 Å². The molecule has 0 amide bonds. The van der Waals surface area contributed by atoms with Gasteiger partial charge in [-0.2, -0.15) is 0 Å². The topological polar surface area (TPSA) is 12.0 Å². The first-order valence-corrected chi connectivity index (χ1v) is 6.31. The fourth-order valence-electron chi connectivity index (χ4n) is 3.41. The average Bonchev–Trinajstić information content (AvgIpc) is 2.92. The highest BCUT2D eigenvalue weighted by Gasteiger charge is 2.47. The molecule has 0 aliphatic heterocycles. The molecular weight excluding hydrogens is 220 g/mol. The second kappa shape index (κ2) is 4.05. The Morgan fingerprint density at radius 3 is 2.41 bits per heavy atom. The van der Waals surface area contributed by atoms with E-state index in [1.54, 1.807) is 6.07 Å². The zero-order valence-electron chi connectivity index (χ0n) is 9.92. The number of hydrogen-bond acceptors (Lipinski definition) is 1. The fraction of sp³-hybridized carbons (Fsp3) is 0.571. The summed E-state index contributed by atoms with van der Waals surface area (Å²) >= 11 is 0. The highest BCUT2D eigenvalue weighted by molar-refractivity contribution is 5.23. The molecule has 3 heteroatoms. The maximum atomic E-state index is 13.2. The first kappa shape index (κ1) is 11.1. The van der Waals surface area contributed by atoms with Crippen LogP contribution in [0.3, 0.4) is 0 Å². The van der Waals surface area contributed by atoms with Gasteiger partial charge in [-0.3, -0.25) is 0 Å². The molecule has 2 saturated carbocycles. The minimum Gasteiger partial charge on any atom is -0.313 e. The summed E-state index contributed by atoms with van der Waals surface area (Å²) in [5.74, 6) is 0.875. The van der Waals surface area contributed by atoms with E-state index in [0.717, 1.165) is 17.4 Å². The lowest BCUT2D eigenvalue weighted by molar-refractivity contribution is 0.357. The van der Waals surface area contributed by atoms with Crippen molar-refractivity contribution >= 4 is 0 Å². The highest BCUT2D eigenvalue weighted by Crippen LogP contribution is 2.57. The Bertz CT molecular complexity index is 422. The van der Waals surface area contributed by atoms with Crippen LogP contribution in [-0.2, 0) is 0 Å². The zero-order chi connectivity index (χ0) is 12.0. The second-order valence-corrected chi connectivity index (χ2v) is 5.43. The van der Waals surface area contributed by atoms with Crippen LogP contribution in [0.15, 0.2) is 18.2 Å². The van der Waals surface area contributed by atoms with Gasteiger partial charge in [0.2, 0.25) is 0 Å². The van der Waals surface area contributed by atoms with E-state index in [-0.39, 0.29) is 6.04 Å². The third-order valence-corrected chi connectivity index (χ3v) is 4.37. The molecule has 17 heavy (non-hydrogen) atoms. The molecule has 0 heterocycles. The van der Waals surface area contributed by atoms with Gasteiger partial charge < -0.3 is 5.32 Å². The van der Waals surface area contributed by atoms with Crippen molar-refractivity contribution in [2.75, 3.05) is 7.05 Å². The van der Waals surface area contributed by atoms with Crippen molar-refractivity contribution in [3.05, 3.63) is 35.4 Å². The molecule has 2 aliphatic rings. The molecule has 1 aromatic carbocycles. The van der Waals surface area contributed by atoms with Gasteiger partial charge in [-0.15, -0.1) is 0 Å². The van der Waals surface area contributed by atoms with E-state index in [4.69, 9.17) is 0 Å². The molecule has 0 aromatic heterocycles. The summed E-state index contributed by atoms with van der Waals surface area (Å²) in [6.07, 6.45) is 3.84. The highest BCUT2D eigenvalue weighted by atomic mass is 19.2. The van der Waals surface area contributed by atoms with Gasteiger partial charge in [0.05, 0.1) is 0 Å². The second-order valence-electron chi connectivity index (χ2n) is 5.43. The summed E-state index contributed by atoms with van der Waals surface area (Å²) in [6, 6.07) is 4.42. The quantitative estimate of drug-likeness (QED) is 0.850. The maximum absolute atomic E-state index is 13.2. The Morgan fingerprint density at radius 2 is 1.82 bits per heavy atom. The molecular formula is C14H17F2N. The lowest BCUT2D eigenvalue weighted by Crippen LogP contribution is -2.24. The summed E-state index contributed by atoms with van der Waals surface area (Å²) in [4.78, 5) is 0. The largest absolute Gasteiger partial charge is 0.313 e. The summed E-state index contributed by atoms with van der Waals surface area (Å²) in [7, 11) is 1.90. The third kappa shape index (κ3) is 1.97. The fourth-order valence-corrected chi connectivity index (χ4v) is 3.41. The molecule has 2 fully saturated rings. The molecule has 2 aliphatic carbocycles. The van der Waals surface area contributed by atoms with Crippen molar-refractivity contribution in [1.82, 2.24) is 5.32 Å². The first-order valence-electron chi connectivity index (χ1n) is 6.31. The predicted octanol–water partition coefficient (Wildman–Crippen LogP) is 3.27. The Morgan fingerprint density at radius 1 is 1.12 bits per heavy atom. The first-order chi connectivity index (χ1) is 8.19. The van der Waals surface area contributed by atoms with Crippen molar-refractivity contribution in [2.24, 2.45) is 17.8 Å². The molecule has 0 saturated heterocycles. The van der Waals surface area contributed by atoms with Crippen molar-refractivity contribution in [3.63, 3.8) is 0 Å². The van der Waals surface area contributed by atoms with Crippen molar-refractivity contribution in [1.29, 1.82) is 0 Å². The predicted molar refractivity (Wildman–Crippen MR) is 62.5 cm³/mol. The van der Waals surface area contributed by atoms with Gasteiger partial charge in [0.25, 0.3) is 0 Å². The van der Waals surface area contributed by atoms with E-state index >= 15 is 0 Å². The van der Waals surface area contributed by atoms with Gasteiger partial charge in [-0.25, -0.2) is 8.78 Å². The summed E-state index contributed by atoms with van der Waals surface area (Å²) in [5.41, 5.74) is 0.873. The van der Waals surface area contributed by atoms with Crippen LogP contribution in [0.5, 0.6) is 0 Å². The lowest BCUT2D eigenvalue weighted by atomic mass is 9.89. The SMILES string of the molecule is CNC(c1ccc(F)c(F)c1)C1CC2CC2C1. The Hall–Kier alpha value is -0.960. The van der Waals surface area contributed by atoms with E-state index in [1.807, 2.05) is 7.05 Å². The van der Waals surface area contributed by atoms with Crippen LogP contribution < -0.4 is 5.32 Å². The van der Waals surface area contributed by atoms with Crippen LogP contribution in [-0.4, -0.2) is 7.05 Å². The molecule has 1 N–H and O–H groups in total. The normalized spacial score (nSPS) is 32.3. The van der Waals surface area contributed by atoms with Gasteiger partial charge >= 0.3 is 0 Å². The zero-order valence-corrected chi connectivity index (χ0v) is 9.92. The molecule has 0 bridgehead atoms. The standard InChI is InChI=1S/C14H17F2N/c1-17-14(11-5-9-4-10(9)6-11)8-2-3-12(15)13(16)7-8/h2-3,7,9-11,14,17H,4-6H2,1H3. The van der Waals surface area contributed by atoms with Gasteiger partial charge in [-0.1, -0.05) is 6.07 Å². The number of halogens is 2. The van der Waals surface area contributed by atoms with Gasteiger partial charge in [-0.05, 0) is 61.8 Å². The van der Waals surface area contributed by atoms with Crippen LogP contribution in [0.1, 0.15) is 30.9 Å². The van der Waals surface area contributed by atoms with Crippen molar-refractivity contribution < 1.29 is 8.78 Å². The Balaban J connectivity index is 1.81. The smallest absolute Gasteiger partial charge is 0.159 e. The van der Waals surface area contributed by atoms with E-state index in [2.05, 4.69) is 5.32 Å². The summed E-state index contributed by atoms with van der Waals surface area (Å²) in [5, 5.41) is 3.26. The number of hydrogen-bond donors (Lipinski definition) is 1. The maximum Gasteiger partial charge on any atom is 0.159 e. The van der Waals surface area contributed by atoms with Crippen molar-refractivity contribution in [3.8, 4) is 0 Å². The molecule has 1 aromatic rings. The molecule has 3 unspecified atom stereocenters. The molecule has 92 valence electrons. The van der Waals surface area contributed by atoms with Crippen molar-refractivity contribution in [2.45, 2.75) is 25.3 Å². The molecule has 1 nitrogen and oxygen atoms in total. The third-order valence-electron chi connectivity index (χ3n) is 4.37. The van der Waals surface area contributed by atoms with E-state index in [1.165, 1.54) is 31.4 Å². The van der Waals surface area contributed by atoms with Gasteiger partial charge in [0.1, 0.15) is 0 Å². The number of benzene rings is 1. The number of fused-ring (bicyclic) bond motifs is 1. The summed E-state index contributed by atoms with van der Waals surface area (Å²) < 4.78 is 26.2. The average molecular weight is 237 g/mol. The molecule has 0 radical (unpaired) electrons. The van der Waals surface area contributed by atoms with Crippen LogP contribution in [0.4, 0.5) is 8.78 Å². The van der Waals surface area contributed by atoms with E-state index in [9.17, 15) is 8.78 Å². The van der Waals surface area contributed by atoms with Crippen LogP contribution in [0, 0.1) is 29.4 Å². The Labute approximate surface area is 100 Å². The van der Waals surface area contributed by atoms with Crippen LogP contribution in [0.2, 0.25) is 0 Å². The van der Waals surface area contributed by atoms with E-state index in [0.29, 0.717) is 5.92 Å². The molecule has 3 atom stereocenters. The number of rotatable bonds is 3.